The second-order valence-corrected chi connectivity index (χ2v) is 5.86. The Labute approximate surface area is 141 Å². The average Bonchev–Trinajstić information content (AvgIpc) is 3.11. The number of rotatable bonds is 2. The molecule has 0 radical (unpaired) electrons. The summed E-state index contributed by atoms with van der Waals surface area (Å²) in [5, 5.41) is 9.39. The number of pyridine rings is 1. The van der Waals surface area contributed by atoms with Crippen molar-refractivity contribution in [2.45, 2.75) is 6.92 Å². The number of fused-ring (bicyclic) bond motifs is 1. The van der Waals surface area contributed by atoms with Gasteiger partial charge < -0.3 is 4.42 Å². The summed E-state index contributed by atoms with van der Waals surface area (Å²) in [7, 11) is 0. The Bertz CT molecular complexity index is 1020. The molecule has 0 N–H and O–H groups in total. The van der Waals surface area contributed by atoms with Gasteiger partial charge in [0.25, 0.3) is 5.89 Å². The van der Waals surface area contributed by atoms with Gasteiger partial charge in [-0.05, 0) is 31.2 Å². The third-order valence-corrected chi connectivity index (χ3v) is 4.04. The van der Waals surface area contributed by atoms with Crippen LogP contribution in [0.4, 0.5) is 0 Å². The van der Waals surface area contributed by atoms with Crippen molar-refractivity contribution in [2.24, 2.45) is 0 Å². The molecule has 0 bridgehead atoms. The molecule has 0 amide bonds. The highest BCUT2D eigenvalue weighted by Crippen LogP contribution is 2.30. The van der Waals surface area contributed by atoms with E-state index in [1.54, 1.807) is 18.3 Å². The van der Waals surface area contributed by atoms with Gasteiger partial charge in [-0.15, -0.1) is 10.2 Å². The average molecular weight is 345 g/mol. The number of aryl methyl sites for hydroxylation is 1. The van der Waals surface area contributed by atoms with Crippen LogP contribution in [0, 0.1) is 6.92 Å². The molecule has 0 atom stereocenters. The summed E-state index contributed by atoms with van der Waals surface area (Å²) in [5.41, 5.74) is 2.95. The minimum Gasteiger partial charge on any atom is -0.415 e. The molecule has 0 aliphatic carbocycles. The molecule has 23 heavy (non-hydrogen) atoms. The molecule has 3 aromatic heterocycles. The molecule has 7 heteroatoms. The van der Waals surface area contributed by atoms with E-state index in [4.69, 9.17) is 27.6 Å². The summed E-state index contributed by atoms with van der Waals surface area (Å²) >= 11 is 12.3. The summed E-state index contributed by atoms with van der Waals surface area (Å²) in [4.78, 5) is 4.48. The second kappa shape index (κ2) is 5.37. The lowest BCUT2D eigenvalue weighted by molar-refractivity contribution is 0.581. The molecule has 0 aliphatic rings. The zero-order valence-electron chi connectivity index (χ0n) is 12.0. The van der Waals surface area contributed by atoms with Gasteiger partial charge in [-0.25, -0.2) is 4.98 Å². The van der Waals surface area contributed by atoms with Gasteiger partial charge in [0.15, 0.2) is 0 Å². The highest BCUT2D eigenvalue weighted by Gasteiger charge is 2.19. The van der Waals surface area contributed by atoms with Gasteiger partial charge in [-0.3, -0.25) is 4.40 Å². The minimum atomic E-state index is 0.363. The Balaban J connectivity index is 1.88. The standard InChI is InChI=1S/C16H10Cl2N4O/c1-9-14(22-8-10(17)6-7-13(22)19-9)16-21-20-15(23-16)11-4-2-3-5-12(11)18/h2-8H,1H3. The Morgan fingerprint density at radius 3 is 2.61 bits per heavy atom. The van der Waals surface area contributed by atoms with Crippen molar-refractivity contribution in [3.8, 4) is 23.0 Å². The Morgan fingerprint density at radius 2 is 1.78 bits per heavy atom. The molecular weight excluding hydrogens is 335 g/mol. The predicted octanol–water partition coefficient (Wildman–Crippen LogP) is 4.67. The van der Waals surface area contributed by atoms with Crippen LogP contribution in [-0.2, 0) is 0 Å². The first-order valence-corrected chi connectivity index (χ1v) is 7.62. The van der Waals surface area contributed by atoms with Crippen LogP contribution in [0.2, 0.25) is 10.0 Å². The van der Waals surface area contributed by atoms with E-state index in [0.29, 0.717) is 33.1 Å². The van der Waals surface area contributed by atoms with Crippen molar-refractivity contribution in [2.75, 3.05) is 0 Å². The maximum absolute atomic E-state index is 6.18. The number of halogens is 2. The van der Waals surface area contributed by atoms with Crippen molar-refractivity contribution in [3.63, 3.8) is 0 Å². The summed E-state index contributed by atoms with van der Waals surface area (Å²) in [5.74, 6) is 0.731. The van der Waals surface area contributed by atoms with Crippen LogP contribution in [0.3, 0.4) is 0 Å². The van der Waals surface area contributed by atoms with Crippen LogP contribution in [0.25, 0.3) is 28.7 Å². The molecule has 0 fully saturated rings. The van der Waals surface area contributed by atoms with Crippen LogP contribution in [0.1, 0.15) is 5.69 Å². The molecule has 4 rings (SSSR count). The molecule has 0 aliphatic heterocycles. The number of hydrogen-bond acceptors (Lipinski definition) is 4. The Hall–Kier alpha value is -2.37. The zero-order chi connectivity index (χ0) is 16.0. The van der Waals surface area contributed by atoms with Gasteiger partial charge in [0.05, 0.1) is 21.3 Å². The monoisotopic (exact) mass is 344 g/mol. The van der Waals surface area contributed by atoms with E-state index >= 15 is 0 Å². The van der Waals surface area contributed by atoms with Gasteiger partial charge in [0.2, 0.25) is 5.89 Å². The van der Waals surface area contributed by atoms with E-state index in [-0.39, 0.29) is 0 Å². The summed E-state index contributed by atoms with van der Waals surface area (Å²) < 4.78 is 7.65. The minimum absolute atomic E-state index is 0.363. The third-order valence-electron chi connectivity index (χ3n) is 3.49. The largest absolute Gasteiger partial charge is 0.415 e. The molecule has 0 saturated carbocycles. The first kappa shape index (κ1) is 14.2. The molecule has 0 saturated heterocycles. The molecule has 0 unspecified atom stereocenters. The topological polar surface area (TPSA) is 56.2 Å². The lowest BCUT2D eigenvalue weighted by Gasteiger charge is -1.99. The highest BCUT2D eigenvalue weighted by atomic mass is 35.5. The molecule has 1 aromatic carbocycles. The lowest BCUT2D eigenvalue weighted by atomic mass is 10.2. The number of aromatic nitrogens is 4. The summed E-state index contributed by atoms with van der Waals surface area (Å²) in [6.45, 7) is 1.88. The van der Waals surface area contributed by atoms with Gasteiger partial charge in [0.1, 0.15) is 11.3 Å². The second-order valence-electron chi connectivity index (χ2n) is 5.01. The maximum Gasteiger partial charge on any atom is 0.266 e. The fourth-order valence-electron chi connectivity index (χ4n) is 2.46. The van der Waals surface area contributed by atoms with Crippen molar-refractivity contribution in [1.82, 2.24) is 19.6 Å². The number of benzene rings is 1. The van der Waals surface area contributed by atoms with Gasteiger partial charge in [0, 0.05) is 6.20 Å². The maximum atomic E-state index is 6.18. The van der Waals surface area contributed by atoms with Crippen LogP contribution in [0.5, 0.6) is 0 Å². The quantitative estimate of drug-likeness (QED) is 0.530. The van der Waals surface area contributed by atoms with E-state index in [1.165, 1.54) is 0 Å². The molecule has 114 valence electrons. The fraction of sp³-hybridized carbons (Fsp3) is 0.0625. The Morgan fingerprint density at radius 1 is 1.00 bits per heavy atom. The lowest BCUT2D eigenvalue weighted by Crippen LogP contribution is -1.89. The molecule has 3 heterocycles. The number of hydrogen-bond donors (Lipinski definition) is 0. The van der Waals surface area contributed by atoms with Crippen molar-refractivity contribution in [1.29, 1.82) is 0 Å². The highest BCUT2D eigenvalue weighted by molar-refractivity contribution is 6.33. The first-order chi connectivity index (χ1) is 11.1. The van der Waals surface area contributed by atoms with E-state index in [0.717, 1.165) is 11.3 Å². The normalized spacial score (nSPS) is 11.3. The van der Waals surface area contributed by atoms with Crippen molar-refractivity contribution < 1.29 is 4.42 Å². The van der Waals surface area contributed by atoms with Crippen LogP contribution < -0.4 is 0 Å². The van der Waals surface area contributed by atoms with Crippen molar-refractivity contribution >= 4 is 28.8 Å². The van der Waals surface area contributed by atoms with Gasteiger partial charge in [-0.1, -0.05) is 35.3 Å². The predicted molar refractivity (Wildman–Crippen MR) is 88.7 cm³/mol. The molecule has 4 aromatic rings. The summed E-state index contributed by atoms with van der Waals surface area (Å²) in [6, 6.07) is 10.9. The van der Waals surface area contributed by atoms with E-state index in [2.05, 4.69) is 15.2 Å². The third kappa shape index (κ3) is 2.38. The molecule has 0 spiro atoms. The smallest absolute Gasteiger partial charge is 0.266 e. The summed E-state index contributed by atoms with van der Waals surface area (Å²) in [6.07, 6.45) is 1.77. The van der Waals surface area contributed by atoms with Gasteiger partial charge >= 0.3 is 0 Å². The van der Waals surface area contributed by atoms with Gasteiger partial charge in [-0.2, -0.15) is 0 Å². The Kier molecular flexibility index (Phi) is 3.32. The van der Waals surface area contributed by atoms with E-state index in [9.17, 15) is 0 Å². The van der Waals surface area contributed by atoms with E-state index in [1.807, 2.05) is 35.6 Å². The number of nitrogens with zero attached hydrogens (tertiary/aromatic N) is 4. The van der Waals surface area contributed by atoms with Crippen LogP contribution >= 0.6 is 23.2 Å². The SMILES string of the molecule is Cc1nc2ccc(Cl)cn2c1-c1nnc(-c2ccccc2Cl)o1. The number of imidazole rings is 1. The molecular formula is C16H10Cl2N4O. The fourth-order valence-corrected chi connectivity index (χ4v) is 2.83. The van der Waals surface area contributed by atoms with Crippen LogP contribution in [0.15, 0.2) is 47.0 Å². The first-order valence-electron chi connectivity index (χ1n) is 6.86. The zero-order valence-corrected chi connectivity index (χ0v) is 13.5. The molecule has 5 nitrogen and oxygen atoms in total. The van der Waals surface area contributed by atoms with Crippen LogP contribution in [-0.4, -0.2) is 19.6 Å². The van der Waals surface area contributed by atoms with Crippen molar-refractivity contribution in [3.05, 3.63) is 58.3 Å². The van der Waals surface area contributed by atoms with E-state index < -0.39 is 0 Å².